The van der Waals surface area contributed by atoms with Gasteiger partial charge in [-0.3, -0.25) is 0 Å². The minimum Gasteiger partial charge on any atom is -0.497 e. The molecule has 0 fully saturated rings. The van der Waals surface area contributed by atoms with E-state index < -0.39 is 0 Å². The molecule has 1 N–H and O–H groups in total. The molecule has 0 heterocycles. The molecule has 0 aromatic heterocycles. The smallest absolute Gasteiger partial charge is 0.123 e. The number of benzene rings is 2. The van der Waals surface area contributed by atoms with Crippen LogP contribution in [-0.4, -0.2) is 20.8 Å². The van der Waals surface area contributed by atoms with Gasteiger partial charge in [-0.25, -0.2) is 0 Å². The number of hydrogen-bond acceptors (Lipinski definition) is 3. The van der Waals surface area contributed by atoms with Gasteiger partial charge in [-0.1, -0.05) is 25.1 Å². The zero-order chi connectivity index (χ0) is 14.4. The molecule has 106 valence electrons. The van der Waals surface area contributed by atoms with Crippen LogP contribution in [0.25, 0.3) is 11.1 Å². The van der Waals surface area contributed by atoms with E-state index in [1.54, 1.807) is 14.2 Å². The molecule has 0 saturated heterocycles. The van der Waals surface area contributed by atoms with Gasteiger partial charge in [0.25, 0.3) is 0 Å². The van der Waals surface area contributed by atoms with Crippen molar-refractivity contribution in [1.29, 1.82) is 0 Å². The van der Waals surface area contributed by atoms with Crippen LogP contribution in [0.5, 0.6) is 11.5 Å². The van der Waals surface area contributed by atoms with Gasteiger partial charge in [0.2, 0.25) is 0 Å². The lowest BCUT2D eigenvalue weighted by atomic mass is 10.0. The summed E-state index contributed by atoms with van der Waals surface area (Å²) in [5.41, 5.74) is 3.47. The quantitative estimate of drug-likeness (QED) is 0.872. The van der Waals surface area contributed by atoms with E-state index in [0.717, 1.165) is 41.3 Å². The molecule has 0 atom stereocenters. The number of ether oxygens (including phenoxy) is 2. The Morgan fingerprint density at radius 2 is 1.75 bits per heavy atom. The van der Waals surface area contributed by atoms with E-state index in [1.165, 1.54) is 0 Å². The fourth-order valence-electron chi connectivity index (χ4n) is 2.16. The van der Waals surface area contributed by atoms with E-state index in [4.69, 9.17) is 9.47 Å². The molecule has 0 aliphatic heterocycles. The van der Waals surface area contributed by atoms with Gasteiger partial charge in [0.1, 0.15) is 11.5 Å². The van der Waals surface area contributed by atoms with Crippen molar-refractivity contribution in [2.24, 2.45) is 0 Å². The summed E-state index contributed by atoms with van der Waals surface area (Å²) in [6, 6.07) is 14.3. The largest absolute Gasteiger partial charge is 0.497 e. The molecule has 2 rings (SSSR count). The summed E-state index contributed by atoms with van der Waals surface area (Å²) >= 11 is 0. The molecule has 0 unspecified atom stereocenters. The Morgan fingerprint density at radius 1 is 0.950 bits per heavy atom. The lowest BCUT2D eigenvalue weighted by Gasteiger charge is -2.12. The van der Waals surface area contributed by atoms with Gasteiger partial charge in [0.15, 0.2) is 0 Å². The summed E-state index contributed by atoms with van der Waals surface area (Å²) in [6.07, 6.45) is 0. The molecule has 2 aromatic rings. The predicted octanol–water partition coefficient (Wildman–Crippen LogP) is 3.48. The van der Waals surface area contributed by atoms with Crippen molar-refractivity contribution in [3.05, 3.63) is 48.0 Å². The van der Waals surface area contributed by atoms with Crippen molar-refractivity contribution >= 4 is 0 Å². The first-order valence-electron chi connectivity index (χ1n) is 6.80. The monoisotopic (exact) mass is 271 g/mol. The van der Waals surface area contributed by atoms with Crippen LogP contribution >= 0.6 is 0 Å². The number of hydrogen-bond donors (Lipinski definition) is 1. The molecular weight excluding hydrogens is 250 g/mol. The van der Waals surface area contributed by atoms with E-state index >= 15 is 0 Å². The maximum absolute atomic E-state index is 5.41. The topological polar surface area (TPSA) is 30.5 Å². The van der Waals surface area contributed by atoms with Crippen molar-refractivity contribution in [1.82, 2.24) is 5.32 Å². The number of methoxy groups -OCH3 is 2. The Labute approximate surface area is 120 Å². The number of rotatable bonds is 6. The second-order valence-electron chi connectivity index (χ2n) is 4.54. The first-order valence-corrected chi connectivity index (χ1v) is 6.80. The molecule has 2 aromatic carbocycles. The molecule has 0 bridgehead atoms. The highest BCUT2D eigenvalue weighted by Gasteiger charge is 2.06. The standard InChI is InChI=1S/C17H21NO2/c1-4-18-12-15-10-14(8-9-17(15)20-3)13-6-5-7-16(11-13)19-2/h5-11,18H,4,12H2,1-3H3. The van der Waals surface area contributed by atoms with Crippen molar-refractivity contribution in [3.8, 4) is 22.6 Å². The molecular formula is C17H21NO2. The van der Waals surface area contributed by atoms with Gasteiger partial charge in [-0.05, 0) is 41.9 Å². The van der Waals surface area contributed by atoms with Crippen molar-refractivity contribution < 1.29 is 9.47 Å². The van der Waals surface area contributed by atoms with Gasteiger partial charge in [0, 0.05) is 12.1 Å². The normalized spacial score (nSPS) is 10.3. The maximum atomic E-state index is 5.41. The molecule has 0 amide bonds. The van der Waals surface area contributed by atoms with Crippen LogP contribution in [0.4, 0.5) is 0 Å². The van der Waals surface area contributed by atoms with Crippen LogP contribution < -0.4 is 14.8 Å². The minimum atomic E-state index is 0.803. The first-order chi connectivity index (χ1) is 9.78. The Kier molecular flexibility index (Phi) is 5.02. The predicted molar refractivity (Wildman–Crippen MR) is 82.4 cm³/mol. The SMILES string of the molecule is CCNCc1cc(-c2cccc(OC)c2)ccc1OC. The zero-order valence-electron chi connectivity index (χ0n) is 12.3. The molecule has 0 saturated carbocycles. The second kappa shape index (κ2) is 6.96. The summed E-state index contributed by atoms with van der Waals surface area (Å²) < 4.78 is 10.7. The highest BCUT2D eigenvalue weighted by Crippen LogP contribution is 2.28. The summed E-state index contributed by atoms with van der Waals surface area (Å²) in [5, 5.41) is 3.34. The van der Waals surface area contributed by atoms with E-state index in [0.29, 0.717) is 0 Å². The van der Waals surface area contributed by atoms with E-state index in [2.05, 4.69) is 30.4 Å². The highest BCUT2D eigenvalue weighted by atomic mass is 16.5. The average molecular weight is 271 g/mol. The molecule has 3 nitrogen and oxygen atoms in total. The molecule has 0 radical (unpaired) electrons. The lowest BCUT2D eigenvalue weighted by Crippen LogP contribution is -2.12. The van der Waals surface area contributed by atoms with Crippen LogP contribution in [-0.2, 0) is 6.54 Å². The van der Waals surface area contributed by atoms with E-state index in [1.807, 2.05) is 24.3 Å². The van der Waals surface area contributed by atoms with Crippen LogP contribution in [0, 0.1) is 0 Å². The van der Waals surface area contributed by atoms with Crippen molar-refractivity contribution in [2.45, 2.75) is 13.5 Å². The van der Waals surface area contributed by atoms with Gasteiger partial charge in [0.05, 0.1) is 14.2 Å². The molecule has 3 heteroatoms. The zero-order valence-corrected chi connectivity index (χ0v) is 12.3. The highest BCUT2D eigenvalue weighted by molar-refractivity contribution is 5.67. The van der Waals surface area contributed by atoms with Crippen LogP contribution in [0.1, 0.15) is 12.5 Å². The summed E-state index contributed by atoms with van der Waals surface area (Å²) in [4.78, 5) is 0. The van der Waals surface area contributed by atoms with Gasteiger partial charge >= 0.3 is 0 Å². The summed E-state index contributed by atoms with van der Waals surface area (Å²) in [7, 11) is 3.39. The molecule has 20 heavy (non-hydrogen) atoms. The first kappa shape index (κ1) is 14.4. The second-order valence-corrected chi connectivity index (χ2v) is 4.54. The van der Waals surface area contributed by atoms with E-state index in [-0.39, 0.29) is 0 Å². The Hall–Kier alpha value is -2.00. The third-order valence-corrected chi connectivity index (χ3v) is 3.25. The van der Waals surface area contributed by atoms with Crippen molar-refractivity contribution in [2.75, 3.05) is 20.8 Å². The Bertz CT molecular complexity index is 567. The summed E-state index contributed by atoms with van der Waals surface area (Å²) in [5.74, 6) is 1.78. The van der Waals surface area contributed by atoms with Gasteiger partial charge in [-0.2, -0.15) is 0 Å². The average Bonchev–Trinajstić information content (AvgIpc) is 2.52. The minimum absolute atomic E-state index is 0.803. The van der Waals surface area contributed by atoms with E-state index in [9.17, 15) is 0 Å². The summed E-state index contributed by atoms with van der Waals surface area (Å²) in [6.45, 7) is 3.84. The van der Waals surface area contributed by atoms with Gasteiger partial charge in [-0.15, -0.1) is 0 Å². The number of nitrogens with one attached hydrogen (secondary N) is 1. The molecule has 0 aliphatic rings. The Balaban J connectivity index is 2.36. The lowest BCUT2D eigenvalue weighted by molar-refractivity contribution is 0.408. The fourth-order valence-corrected chi connectivity index (χ4v) is 2.16. The third kappa shape index (κ3) is 3.31. The maximum Gasteiger partial charge on any atom is 0.123 e. The molecule has 0 spiro atoms. The van der Waals surface area contributed by atoms with Gasteiger partial charge < -0.3 is 14.8 Å². The molecule has 0 aliphatic carbocycles. The van der Waals surface area contributed by atoms with Crippen LogP contribution in [0.3, 0.4) is 0 Å². The van der Waals surface area contributed by atoms with Crippen molar-refractivity contribution in [3.63, 3.8) is 0 Å². The van der Waals surface area contributed by atoms with Crippen LogP contribution in [0.2, 0.25) is 0 Å². The third-order valence-electron chi connectivity index (χ3n) is 3.25. The van der Waals surface area contributed by atoms with Crippen LogP contribution in [0.15, 0.2) is 42.5 Å². The Morgan fingerprint density at radius 3 is 2.45 bits per heavy atom. The fraction of sp³-hybridized carbons (Fsp3) is 0.294.